The van der Waals surface area contributed by atoms with Crippen LogP contribution in [0.3, 0.4) is 0 Å². The van der Waals surface area contributed by atoms with E-state index < -0.39 is 7.26 Å². The molecule has 0 saturated carbocycles. The second-order valence-corrected chi connectivity index (χ2v) is 18.2. The smallest absolute Gasteiger partial charge is 0.0747 e. The minimum Gasteiger partial charge on any atom is -1.00 e. The second kappa shape index (κ2) is 38.9. The van der Waals surface area contributed by atoms with Gasteiger partial charge in [0.2, 0.25) is 0 Å². The molecular weight excluding hydrogens is 610 g/mol. The highest BCUT2D eigenvalue weighted by atomic mass is 79.9. The van der Waals surface area contributed by atoms with Crippen LogP contribution < -0.4 is 28.4 Å². The van der Waals surface area contributed by atoms with Gasteiger partial charge in [-0.15, -0.1) is 7.92 Å². The predicted octanol–water partition coefficient (Wildman–Crippen LogP) is 6.64. The minimum atomic E-state index is -0.642. The first kappa shape index (κ1) is 44.7. The third-order valence-corrected chi connectivity index (χ3v) is 15.1. The molecule has 0 saturated heterocycles. The number of alkyl halides is 1. The quantitative estimate of drug-likeness (QED) is 0.0923. The monoisotopic (exact) mass is 679 g/mol. The molecule has 0 aromatic heterocycles. The Kier molecular flexibility index (Phi) is 48.3. The van der Waals surface area contributed by atoms with Gasteiger partial charge in [0.25, 0.3) is 0 Å². The third-order valence-electron chi connectivity index (χ3n) is 6.66. The summed E-state index contributed by atoms with van der Waals surface area (Å²) in [6.45, 7) is 15.9. The fraction of sp³-hybridized carbons (Fsp3) is 1.00. The van der Waals surface area contributed by atoms with Crippen LogP contribution in [0, 0.1) is 0 Å². The maximum Gasteiger partial charge on any atom is 0.0747 e. The molecule has 0 fully saturated rings. The van der Waals surface area contributed by atoms with Gasteiger partial charge < -0.3 is 28.4 Å². The number of nitrogens with two attached hydrogens (primary N) is 1. The molecule has 0 amide bonds. The van der Waals surface area contributed by atoms with Crippen molar-refractivity contribution in [2.24, 2.45) is 5.73 Å². The van der Waals surface area contributed by atoms with Gasteiger partial charge >= 0.3 is 0 Å². The summed E-state index contributed by atoms with van der Waals surface area (Å²) in [5.41, 5.74) is 9.38. The molecule has 0 atom stereocenters. The zero-order valence-electron chi connectivity index (χ0n) is 25.9. The molecule has 224 valence electrons. The molecule has 0 bridgehead atoms. The Morgan fingerprint density at radius 2 is 0.917 bits per heavy atom. The SMILES string of the molecule is CCCCP(CCCC)CCCC.CCCC[P+](CCCC)(CCCC)CCCN.[Br-].[NH3+]CCCBr. The van der Waals surface area contributed by atoms with Gasteiger partial charge in [-0.2, -0.15) is 0 Å². The van der Waals surface area contributed by atoms with Gasteiger partial charge in [-0.05, 0) is 70.0 Å². The normalized spacial score (nSPS) is 10.8. The van der Waals surface area contributed by atoms with Crippen LogP contribution >= 0.6 is 31.1 Å². The van der Waals surface area contributed by atoms with E-state index in [2.05, 4.69) is 63.2 Å². The fourth-order valence-corrected chi connectivity index (χ4v) is 12.7. The summed E-state index contributed by atoms with van der Waals surface area (Å²) >= 11 is 3.27. The maximum absolute atomic E-state index is 5.74. The highest BCUT2D eigenvalue weighted by Crippen LogP contribution is 2.61. The third kappa shape index (κ3) is 33.8. The first-order valence-electron chi connectivity index (χ1n) is 15.6. The Hall–Kier alpha value is 1.74. The van der Waals surface area contributed by atoms with E-state index >= 15 is 0 Å². The lowest BCUT2D eigenvalue weighted by molar-refractivity contribution is -0.367. The molecule has 0 aliphatic rings. The summed E-state index contributed by atoms with van der Waals surface area (Å²) in [5, 5.41) is 1.09. The highest BCUT2D eigenvalue weighted by molar-refractivity contribution is 9.09. The average Bonchev–Trinajstić information content (AvgIpc) is 2.88. The van der Waals surface area contributed by atoms with Crippen molar-refractivity contribution in [1.29, 1.82) is 0 Å². The van der Waals surface area contributed by atoms with Crippen molar-refractivity contribution >= 4 is 31.1 Å². The summed E-state index contributed by atoms with van der Waals surface area (Å²) in [6.07, 6.45) is 30.2. The molecular formula is C30H71Br2N2P2+. The average molecular weight is 682 g/mol. The van der Waals surface area contributed by atoms with Crippen molar-refractivity contribution in [3.8, 4) is 0 Å². The Morgan fingerprint density at radius 1 is 0.583 bits per heavy atom. The molecule has 0 heterocycles. The molecule has 0 unspecified atom stereocenters. The summed E-state index contributed by atoms with van der Waals surface area (Å²) in [4.78, 5) is 0. The van der Waals surface area contributed by atoms with Gasteiger partial charge in [-0.25, -0.2) is 0 Å². The Morgan fingerprint density at radius 3 is 1.14 bits per heavy atom. The first-order chi connectivity index (χ1) is 17.0. The van der Waals surface area contributed by atoms with E-state index in [1.807, 2.05) is 0 Å². The van der Waals surface area contributed by atoms with Gasteiger partial charge in [0.05, 0.1) is 31.2 Å². The van der Waals surface area contributed by atoms with E-state index in [0.717, 1.165) is 18.4 Å². The topological polar surface area (TPSA) is 53.7 Å². The van der Waals surface area contributed by atoms with E-state index in [1.54, 1.807) is 37.0 Å². The van der Waals surface area contributed by atoms with Crippen LogP contribution in [0.4, 0.5) is 0 Å². The van der Waals surface area contributed by atoms with Crippen LogP contribution in [0.2, 0.25) is 0 Å². The Bertz CT molecular complexity index is 305. The van der Waals surface area contributed by atoms with E-state index in [0.29, 0.717) is 7.92 Å². The molecule has 0 aliphatic carbocycles. The summed E-state index contributed by atoms with van der Waals surface area (Å²) < 4.78 is 0. The van der Waals surface area contributed by atoms with Crippen molar-refractivity contribution in [3.63, 3.8) is 0 Å². The first-order valence-corrected chi connectivity index (χ1v) is 21.2. The van der Waals surface area contributed by atoms with Gasteiger partial charge in [0, 0.05) is 19.0 Å². The summed E-state index contributed by atoms with van der Waals surface area (Å²) in [5.74, 6) is 0. The lowest BCUT2D eigenvalue weighted by atomic mass is 10.4. The minimum absolute atomic E-state index is 0. The molecule has 5 N–H and O–H groups in total. The molecule has 6 heteroatoms. The number of quaternary nitrogens is 1. The zero-order chi connectivity index (χ0) is 27.0. The number of rotatable bonds is 23. The summed E-state index contributed by atoms with van der Waals surface area (Å²) in [6, 6.07) is 0. The number of hydrogen-bond donors (Lipinski definition) is 2. The van der Waals surface area contributed by atoms with E-state index in [1.165, 1.54) is 96.1 Å². The molecule has 0 rings (SSSR count). The van der Waals surface area contributed by atoms with Crippen molar-refractivity contribution in [1.82, 2.24) is 0 Å². The Labute approximate surface area is 251 Å². The second-order valence-electron chi connectivity index (χ2n) is 10.2. The van der Waals surface area contributed by atoms with Crippen LogP contribution in [-0.2, 0) is 0 Å². The molecule has 36 heavy (non-hydrogen) atoms. The number of unbranched alkanes of at least 4 members (excludes halogenated alkanes) is 6. The fourth-order valence-electron chi connectivity index (χ4n) is 4.15. The van der Waals surface area contributed by atoms with Crippen molar-refractivity contribution < 1.29 is 22.7 Å². The molecule has 2 nitrogen and oxygen atoms in total. The predicted molar refractivity (Wildman–Crippen MR) is 177 cm³/mol. The van der Waals surface area contributed by atoms with Crippen molar-refractivity contribution in [2.45, 2.75) is 131 Å². The molecule has 0 spiro atoms. The van der Waals surface area contributed by atoms with Crippen LogP contribution in [-0.4, -0.2) is 61.6 Å². The molecule has 0 aromatic rings. The highest BCUT2D eigenvalue weighted by Gasteiger charge is 2.34. The van der Waals surface area contributed by atoms with E-state index in [4.69, 9.17) is 5.73 Å². The van der Waals surface area contributed by atoms with Crippen LogP contribution in [0.25, 0.3) is 0 Å². The van der Waals surface area contributed by atoms with E-state index in [9.17, 15) is 0 Å². The van der Waals surface area contributed by atoms with Gasteiger partial charge in [0.1, 0.15) is 0 Å². The lowest BCUT2D eigenvalue weighted by Crippen LogP contribution is -3.00. The number of hydrogen-bond acceptors (Lipinski definition) is 1. The maximum atomic E-state index is 5.74. The standard InChI is InChI=1S/C15H35NP.C12H27P.C3H8BrN.BrH/c1-4-7-12-17(13-8-5-2,14-9-6-3)15-10-11-16;1-4-7-10-13(11-8-5-2)12-9-6-3;4-2-1-3-5;/h4-16H2,1-3H3;4-12H2,1-3H3;1-3,5H2;1H/q+1;;;. The molecule has 0 aliphatic heterocycles. The zero-order valence-corrected chi connectivity index (χ0v) is 30.9. The van der Waals surface area contributed by atoms with Gasteiger partial charge in [-0.3, -0.25) is 0 Å². The lowest BCUT2D eigenvalue weighted by Gasteiger charge is -2.28. The van der Waals surface area contributed by atoms with Gasteiger partial charge in [-0.1, -0.05) is 96.0 Å². The Balaban J connectivity index is -0.000000239. The van der Waals surface area contributed by atoms with Crippen molar-refractivity contribution in [3.05, 3.63) is 0 Å². The summed E-state index contributed by atoms with van der Waals surface area (Å²) in [7, 11) is -0.221. The van der Waals surface area contributed by atoms with Gasteiger partial charge in [0.15, 0.2) is 0 Å². The largest absolute Gasteiger partial charge is 1.00 e. The van der Waals surface area contributed by atoms with Crippen LogP contribution in [0.15, 0.2) is 0 Å². The van der Waals surface area contributed by atoms with E-state index in [-0.39, 0.29) is 17.0 Å². The number of halogens is 2. The van der Waals surface area contributed by atoms with Crippen molar-refractivity contribution in [2.75, 3.05) is 61.6 Å². The van der Waals surface area contributed by atoms with Crippen LogP contribution in [0.1, 0.15) is 131 Å². The molecule has 0 aromatic carbocycles. The van der Waals surface area contributed by atoms with Crippen LogP contribution in [0.5, 0.6) is 0 Å². The molecule has 0 radical (unpaired) electrons.